The molecule has 0 heterocycles. The monoisotopic (exact) mass is 377 g/mol. The van der Waals surface area contributed by atoms with Gasteiger partial charge in [0.05, 0.1) is 0 Å². The van der Waals surface area contributed by atoms with E-state index in [0.717, 1.165) is 0 Å². The van der Waals surface area contributed by atoms with E-state index in [9.17, 15) is 4.79 Å². The van der Waals surface area contributed by atoms with E-state index in [-0.39, 0.29) is 6.04 Å². The molecule has 0 aromatic heterocycles. The summed E-state index contributed by atoms with van der Waals surface area (Å²) in [6, 6.07) is -0.380. The molecule has 154 valence electrons. The Hall–Kier alpha value is -0.140. The molecular formula is C21H48NO2P. The van der Waals surface area contributed by atoms with Gasteiger partial charge in [0, 0.05) is 0 Å². The van der Waals surface area contributed by atoms with Gasteiger partial charge in [0.15, 0.2) is 0 Å². The number of carbonyl (C=O) groups is 1. The van der Waals surface area contributed by atoms with E-state index in [0.29, 0.717) is 0 Å². The molecule has 0 amide bonds. The average molecular weight is 378 g/mol. The van der Waals surface area contributed by atoms with Crippen LogP contribution in [-0.2, 0) is 4.79 Å². The molecule has 1 atom stereocenters. The summed E-state index contributed by atoms with van der Waals surface area (Å²) in [6.45, 7) is 11.1. The van der Waals surface area contributed by atoms with Crippen molar-refractivity contribution in [1.82, 2.24) is 4.90 Å². The van der Waals surface area contributed by atoms with E-state index in [2.05, 4.69) is 27.7 Å². The summed E-state index contributed by atoms with van der Waals surface area (Å²) in [5.41, 5.74) is 0. The van der Waals surface area contributed by atoms with Crippen LogP contribution in [-0.4, -0.2) is 60.8 Å². The summed E-state index contributed by atoms with van der Waals surface area (Å²) in [5, 5.41) is 8.31. The SMILES string of the molecule is CC(C(=O)O)N(C)C.CCCC[PH](CCCC)(CCCC)CCCC. The zero-order valence-electron chi connectivity index (χ0n) is 18.4. The molecule has 0 spiro atoms. The van der Waals surface area contributed by atoms with Crippen LogP contribution in [0.4, 0.5) is 0 Å². The molecule has 0 saturated carbocycles. The molecule has 0 radical (unpaired) electrons. The second-order valence-electron chi connectivity index (χ2n) is 7.89. The maximum absolute atomic E-state index is 10.1. The number of carboxylic acids is 1. The number of nitrogens with zero attached hydrogens (tertiary/aromatic N) is 1. The Morgan fingerprint density at radius 2 is 1.08 bits per heavy atom. The van der Waals surface area contributed by atoms with Crippen molar-refractivity contribution < 1.29 is 9.90 Å². The third-order valence-corrected chi connectivity index (χ3v) is 11.0. The first-order valence-electron chi connectivity index (χ1n) is 10.7. The number of carboxylic acid groups (broad SMARTS) is 1. The van der Waals surface area contributed by atoms with Crippen LogP contribution in [0, 0.1) is 0 Å². The van der Waals surface area contributed by atoms with Gasteiger partial charge in [0.2, 0.25) is 0 Å². The van der Waals surface area contributed by atoms with Gasteiger partial charge in [-0.2, -0.15) is 0 Å². The molecule has 0 aliphatic heterocycles. The number of rotatable bonds is 14. The molecule has 4 heteroatoms. The molecule has 0 saturated heterocycles. The Kier molecular flexibility index (Phi) is 18.7. The van der Waals surface area contributed by atoms with E-state index in [1.807, 2.05) is 0 Å². The van der Waals surface area contributed by atoms with Crippen LogP contribution in [0.2, 0.25) is 0 Å². The second-order valence-corrected chi connectivity index (χ2v) is 12.9. The number of aliphatic carboxylic acids is 1. The van der Waals surface area contributed by atoms with Crippen molar-refractivity contribution >= 4 is 13.2 Å². The summed E-state index contributed by atoms with van der Waals surface area (Å²) in [7, 11) is 2.59. The first kappa shape index (κ1) is 27.1. The summed E-state index contributed by atoms with van der Waals surface area (Å²) in [5.74, 6) is -0.782. The van der Waals surface area contributed by atoms with Gasteiger partial charge in [-0.3, -0.25) is 9.69 Å². The van der Waals surface area contributed by atoms with Gasteiger partial charge in [0.25, 0.3) is 0 Å². The number of likely N-dealkylation sites (N-methyl/N-ethyl adjacent to an activating group) is 1. The minimum atomic E-state index is -0.879. The Labute approximate surface area is 159 Å². The van der Waals surface area contributed by atoms with Crippen molar-refractivity contribution in [3.05, 3.63) is 0 Å². The Morgan fingerprint density at radius 3 is 1.20 bits per heavy atom. The fourth-order valence-electron chi connectivity index (χ4n) is 3.18. The van der Waals surface area contributed by atoms with Crippen LogP contribution < -0.4 is 0 Å². The van der Waals surface area contributed by atoms with Crippen molar-refractivity contribution in [3.63, 3.8) is 0 Å². The van der Waals surface area contributed by atoms with Crippen LogP contribution in [0.5, 0.6) is 0 Å². The predicted molar refractivity (Wildman–Crippen MR) is 118 cm³/mol. The third kappa shape index (κ3) is 14.7. The fourth-order valence-corrected chi connectivity index (χ4v) is 9.09. The standard InChI is InChI=1S/C16H37P.C5H11NO2/c1-5-9-13-17(14-10-6-2,15-11-7-3)16-12-8-4;1-4(5(7)8)6(2)3/h17H,5-16H2,1-4H3;4H,1-3H3,(H,7,8). The Morgan fingerprint density at radius 1 is 0.800 bits per heavy atom. The predicted octanol–water partition coefficient (Wildman–Crippen LogP) is 5.96. The van der Waals surface area contributed by atoms with Crippen LogP contribution in [0.1, 0.15) is 86.0 Å². The first-order chi connectivity index (χ1) is 11.8. The topological polar surface area (TPSA) is 40.5 Å². The molecule has 0 rings (SSSR count). The zero-order chi connectivity index (χ0) is 19.7. The van der Waals surface area contributed by atoms with Crippen molar-refractivity contribution in [2.24, 2.45) is 0 Å². The van der Waals surface area contributed by atoms with Gasteiger partial charge >= 0.3 is 117 Å². The van der Waals surface area contributed by atoms with Crippen molar-refractivity contribution in [2.75, 3.05) is 38.7 Å². The molecule has 0 aromatic rings. The van der Waals surface area contributed by atoms with E-state index >= 15 is 0 Å². The summed E-state index contributed by atoms with van der Waals surface area (Å²) >= 11 is 0. The van der Waals surface area contributed by atoms with Crippen molar-refractivity contribution in [3.8, 4) is 0 Å². The summed E-state index contributed by atoms with van der Waals surface area (Å²) in [6.07, 6.45) is 18.1. The molecule has 0 aliphatic carbocycles. The molecule has 0 fully saturated rings. The number of unbranched alkanes of at least 4 members (excludes halogenated alkanes) is 4. The summed E-state index contributed by atoms with van der Waals surface area (Å²) in [4.78, 5) is 11.7. The Balaban J connectivity index is 0. The second kappa shape index (κ2) is 17.3. The number of hydrogen-bond acceptors (Lipinski definition) is 2. The normalized spacial score (nSPS) is 13.3. The minimum absolute atomic E-state index is 0.380. The van der Waals surface area contributed by atoms with Crippen molar-refractivity contribution in [1.29, 1.82) is 0 Å². The molecule has 1 N–H and O–H groups in total. The zero-order valence-corrected chi connectivity index (χ0v) is 19.4. The maximum atomic E-state index is 10.1. The third-order valence-electron chi connectivity index (χ3n) is 5.37. The van der Waals surface area contributed by atoms with Crippen LogP contribution in [0.15, 0.2) is 0 Å². The van der Waals surface area contributed by atoms with Gasteiger partial charge in [-0.15, -0.1) is 0 Å². The quantitative estimate of drug-likeness (QED) is 0.380. The van der Waals surface area contributed by atoms with E-state index < -0.39 is 13.2 Å². The van der Waals surface area contributed by atoms with Gasteiger partial charge in [-0.05, 0) is 21.0 Å². The van der Waals surface area contributed by atoms with Crippen LogP contribution in [0.3, 0.4) is 0 Å². The van der Waals surface area contributed by atoms with Gasteiger partial charge in [-0.1, -0.05) is 0 Å². The van der Waals surface area contributed by atoms with Gasteiger partial charge in [-0.25, -0.2) is 0 Å². The van der Waals surface area contributed by atoms with Crippen LogP contribution >= 0.6 is 7.26 Å². The van der Waals surface area contributed by atoms with E-state index in [4.69, 9.17) is 5.11 Å². The van der Waals surface area contributed by atoms with E-state index in [1.54, 1.807) is 50.6 Å². The van der Waals surface area contributed by atoms with Crippen molar-refractivity contribution in [2.45, 2.75) is 92.0 Å². The first-order valence-corrected chi connectivity index (χ1v) is 13.5. The molecule has 3 nitrogen and oxygen atoms in total. The Bertz CT molecular complexity index is 271. The molecule has 0 aromatic carbocycles. The fraction of sp³-hybridized carbons (Fsp3) is 0.952. The van der Waals surface area contributed by atoms with E-state index in [1.165, 1.54) is 51.4 Å². The average Bonchev–Trinajstić information content (AvgIpc) is 2.60. The summed E-state index contributed by atoms with van der Waals surface area (Å²) < 4.78 is 0. The molecule has 25 heavy (non-hydrogen) atoms. The number of hydrogen-bond donors (Lipinski definition) is 1. The molecule has 0 aliphatic rings. The molecule has 0 bridgehead atoms. The van der Waals surface area contributed by atoms with Gasteiger partial charge < -0.3 is 5.11 Å². The van der Waals surface area contributed by atoms with Crippen LogP contribution in [0.25, 0.3) is 0 Å². The molecule has 1 unspecified atom stereocenters. The van der Waals surface area contributed by atoms with Gasteiger partial charge in [0.1, 0.15) is 6.04 Å². The molecular weight excluding hydrogens is 329 g/mol.